The molecule has 0 radical (unpaired) electrons. The molecule has 19 heavy (non-hydrogen) atoms. The molecule has 106 valence electrons. The smallest absolute Gasteiger partial charge is 0.242 e. The van der Waals surface area contributed by atoms with E-state index in [-0.39, 0.29) is 15.6 Å². The van der Waals surface area contributed by atoms with Crippen LogP contribution in [0.1, 0.15) is 32.4 Å². The number of rotatable bonds is 7. The van der Waals surface area contributed by atoms with Crippen LogP contribution in [0.25, 0.3) is 0 Å². The van der Waals surface area contributed by atoms with Crippen LogP contribution in [0.2, 0.25) is 0 Å². The first kappa shape index (κ1) is 16.0. The maximum atomic E-state index is 12.1. The quantitative estimate of drug-likeness (QED) is 0.588. The van der Waals surface area contributed by atoms with Gasteiger partial charge >= 0.3 is 0 Å². The average Bonchev–Trinajstić information content (AvgIpc) is 2.34. The molecule has 0 fully saturated rings. The molecule has 0 spiro atoms. The molecule has 1 aromatic heterocycles. The monoisotopic (exact) mass is 301 g/mol. The summed E-state index contributed by atoms with van der Waals surface area (Å²) < 4.78 is 26.8. The van der Waals surface area contributed by atoms with Gasteiger partial charge in [0.05, 0.1) is 0 Å². The normalized spacial score (nSPS) is 11.7. The average molecular weight is 301 g/mol. The number of pyridine rings is 1. The zero-order valence-corrected chi connectivity index (χ0v) is 12.7. The van der Waals surface area contributed by atoms with Crippen molar-refractivity contribution in [1.82, 2.24) is 9.71 Å². The van der Waals surface area contributed by atoms with Crippen molar-refractivity contribution in [1.29, 1.82) is 0 Å². The second-order valence-electron chi connectivity index (χ2n) is 4.65. The molecule has 5 nitrogen and oxygen atoms in total. The van der Waals surface area contributed by atoms with Crippen LogP contribution in [0.5, 0.6) is 0 Å². The first-order valence-corrected chi connectivity index (χ1v) is 7.98. The van der Waals surface area contributed by atoms with E-state index in [9.17, 15) is 8.42 Å². The Bertz CT molecular complexity index is 542. The van der Waals surface area contributed by atoms with E-state index in [2.05, 4.69) is 23.6 Å². The molecule has 0 atom stereocenters. The molecular formula is C12H19N3O2S2. The maximum Gasteiger partial charge on any atom is 0.242 e. The number of nitrogens with zero attached hydrogens (tertiary/aromatic N) is 1. The Balaban J connectivity index is 2.80. The van der Waals surface area contributed by atoms with Gasteiger partial charge in [-0.2, -0.15) is 0 Å². The predicted octanol–water partition coefficient (Wildman–Crippen LogP) is 1.43. The summed E-state index contributed by atoms with van der Waals surface area (Å²) in [6.45, 7) is 4.59. The first-order valence-electron chi connectivity index (χ1n) is 6.09. The van der Waals surface area contributed by atoms with Gasteiger partial charge in [-0.05, 0) is 30.9 Å². The van der Waals surface area contributed by atoms with Crippen LogP contribution < -0.4 is 10.5 Å². The Hall–Kier alpha value is -1.05. The van der Waals surface area contributed by atoms with Gasteiger partial charge in [-0.15, -0.1) is 0 Å². The minimum Gasteiger partial charge on any atom is -0.388 e. The molecule has 0 aliphatic heterocycles. The topological polar surface area (TPSA) is 85.1 Å². The zero-order chi connectivity index (χ0) is 14.5. The summed E-state index contributed by atoms with van der Waals surface area (Å²) in [5.74, 6) is 0.551. The highest BCUT2D eigenvalue weighted by molar-refractivity contribution is 7.89. The summed E-state index contributed by atoms with van der Waals surface area (Å²) >= 11 is 4.81. The van der Waals surface area contributed by atoms with Crippen molar-refractivity contribution in [2.45, 2.75) is 31.6 Å². The number of hydrogen-bond acceptors (Lipinski definition) is 4. The fourth-order valence-electron chi connectivity index (χ4n) is 1.59. The van der Waals surface area contributed by atoms with Gasteiger partial charge in [0.2, 0.25) is 10.0 Å². The Labute approximate surface area is 119 Å². The molecule has 0 amide bonds. The first-order chi connectivity index (χ1) is 8.84. The summed E-state index contributed by atoms with van der Waals surface area (Å²) in [5.41, 5.74) is 5.62. The van der Waals surface area contributed by atoms with Gasteiger partial charge in [-0.1, -0.05) is 26.1 Å². The number of sulfonamides is 1. The number of nitrogens with one attached hydrogen (secondary N) is 1. The SMILES string of the molecule is CC(C)CCCNS(=O)(=O)c1cccnc1C(N)=S. The zero-order valence-electron chi connectivity index (χ0n) is 11.1. The lowest BCUT2D eigenvalue weighted by atomic mass is 10.1. The lowest BCUT2D eigenvalue weighted by Gasteiger charge is -2.10. The Morgan fingerprint density at radius 2 is 2.21 bits per heavy atom. The van der Waals surface area contributed by atoms with Gasteiger partial charge in [0.25, 0.3) is 0 Å². The lowest BCUT2D eigenvalue weighted by molar-refractivity contribution is 0.539. The van der Waals surface area contributed by atoms with Crippen LogP contribution in [-0.4, -0.2) is 24.9 Å². The maximum absolute atomic E-state index is 12.1. The predicted molar refractivity (Wildman–Crippen MR) is 79.4 cm³/mol. The summed E-state index contributed by atoms with van der Waals surface area (Å²) in [6.07, 6.45) is 3.23. The standard InChI is InChI=1S/C12H19N3O2S2/c1-9(2)5-3-8-15-19(16,17)10-6-4-7-14-11(10)12(13)18/h4,6-7,9,15H,3,5,8H2,1-2H3,(H2,13,18). The summed E-state index contributed by atoms with van der Waals surface area (Å²) in [7, 11) is -3.61. The fourth-order valence-corrected chi connectivity index (χ4v) is 3.06. The third-order valence-corrected chi connectivity index (χ3v) is 4.23. The molecule has 7 heteroatoms. The molecule has 3 N–H and O–H groups in total. The third-order valence-electron chi connectivity index (χ3n) is 2.54. The lowest BCUT2D eigenvalue weighted by Crippen LogP contribution is -2.28. The van der Waals surface area contributed by atoms with Crippen molar-refractivity contribution >= 4 is 27.2 Å². The summed E-state index contributed by atoms with van der Waals surface area (Å²) in [6, 6.07) is 3.00. The van der Waals surface area contributed by atoms with Crippen LogP contribution in [-0.2, 0) is 10.0 Å². The molecule has 0 bridgehead atoms. The Morgan fingerprint density at radius 3 is 2.79 bits per heavy atom. The van der Waals surface area contributed by atoms with E-state index >= 15 is 0 Å². The van der Waals surface area contributed by atoms with E-state index in [4.69, 9.17) is 18.0 Å². The molecule has 1 rings (SSSR count). The van der Waals surface area contributed by atoms with E-state index < -0.39 is 10.0 Å². The Morgan fingerprint density at radius 1 is 1.53 bits per heavy atom. The molecular weight excluding hydrogens is 282 g/mol. The molecule has 0 aliphatic carbocycles. The second kappa shape index (κ2) is 6.93. The molecule has 0 saturated heterocycles. The minimum atomic E-state index is -3.61. The number of nitrogens with two attached hydrogens (primary N) is 1. The molecule has 0 aromatic carbocycles. The fraction of sp³-hybridized carbons (Fsp3) is 0.500. The van der Waals surface area contributed by atoms with Crippen molar-refractivity contribution in [3.05, 3.63) is 24.0 Å². The van der Waals surface area contributed by atoms with Crippen LogP contribution in [0, 0.1) is 5.92 Å². The highest BCUT2D eigenvalue weighted by atomic mass is 32.2. The van der Waals surface area contributed by atoms with Gasteiger partial charge in [-0.3, -0.25) is 4.98 Å². The van der Waals surface area contributed by atoms with Crippen LogP contribution in [0.15, 0.2) is 23.2 Å². The van der Waals surface area contributed by atoms with E-state index in [1.165, 1.54) is 12.3 Å². The third kappa shape index (κ3) is 4.85. The number of aromatic nitrogens is 1. The highest BCUT2D eigenvalue weighted by Crippen LogP contribution is 2.13. The molecule has 0 aliphatic rings. The van der Waals surface area contributed by atoms with Crippen molar-refractivity contribution < 1.29 is 8.42 Å². The minimum absolute atomic E-state index is 0.0249. The Kier molecular flexibility index (Phi) is 5.84. The number of hydrogen-bond donors (Lipinski definition) is 2. The number of thiocarbonyl (C=S) groups is 1. The van der Waals surface area contributed by atoms with Gasteiger partial charge in [0.15, 0.2) is 0 Å². The molecule has 1 heterocycles. The molecule has 0 unspecified atom stereocenters. The summed E-state index contributed by atoms with van der Waals surface area (Å²) in [5, 5.41) is 0. The van der Waals surface area contributed by atoms with Gasteiger partial charge in [0.1, 0.15) is 15.6 Å². The molecule has 1 aromatic rings. The van der Waals surface area contributed by atoms with Crippen molar-refractivity contribution in [2.75, 3.05) is 6.54 Å². The van der Waals surface area contributed by atoms with Crippen LogP contribution in [0.4, 0.5) is 0 Å². The van der Waals surface area contributed by atoms with Gasteiger partial charge in [-0.25, -0.2) is 13.1 Å². The van der Waals surface area contributed by atoms with E-state index in [1.54, 1.807) is 6.07 Å². The van der Waals surface area contributed by atoms with E-state index in [0.717, 1.165) is 12.8 Å². The highest BCUT2D eigenvalue weighted by Gasteiger charge is 2.19. The van der Waals surface area contributed by atoms with Crippen LogP contribution in [0.3, 0.4) is 0 Å². The largest absolute Gasteiger partial charge is 0.388 e. The molecule has 0 saturated carbocycles. The van der Waals surface area contributed by atoms with Crippen molar-refractivity contribution in [3.8, 4) is 0 Å². The van der Waals surface area contributed by atoms with Crippen LogP contribution >= 0.6 is 12.2 Å². The van der Waals surface area contributed by atoms with E-state index in [1.807, 2.05) is 0 Å². The van der Waals surface area contributed by atoms with Crippen molar-refractivity contribution in [3.63, 3.8) is 0 Å². The van der Waals surface area contributed by atoms with Gasteiger partial charge < -0.3 is 5.73 Å². The summed E-state index contributed by atoms with van der Waals surface area (Å²) in [4.78, 5) is 3.93. The van der Waals surface area contributed by atoms with Gasteiger partial charge in [0, 0.05) is 12.7 Å². The van der Waals surface area contributed by atoms with Crippen molar-refractivity contribution in [2.24, 2.45) is 11.7 Å². The van der Waals surface area contributed by atoms with E-state index in [0.29, 0.717) is 12.5 Å². The second-order valence-corrected chi connectivity index (χ2v) is 6.82.